The van der Waals surface area contributed by atoms with Crippen molar-refractivity contribution in [2.24, 2.45) is 0 Å². The molecule has 1 saturated carbocycles. The van der Waals surface area contributed by atoms with Crippen molar-refractivity contribution in [2.45, 2.75) is 44.0 Å². The van der Waals surface area contributed by atoms with Crippen molar-refractivity contribution in [3.8, 4) is 5.95 Å². The number of alkyl halides is 3. The topological polar surface area (TPSA) is 91.2 Å². The summed E-state index contributed by atoms with van der Waals surface area (Å²) in [5, 5.41) is 2.77. The van der Waals surface area contributed by atoms with Gasteiger partial charge in [-0.25, -0.2) is 15.0 Å². The molecule has 1 amide bonds. The van der Waals surface area contributed by atoms with Crippen molar-refractivity contribution in [3.63, 3.8) is 0 Å². The van der Waals surface area contributed by atoms with Gasteiger partial charge in [-0.1, -0.05) is 0 Å². The van der Waals surface area contributed by atoms with E-state index in [1.807, 2.05) is 0 Å². The van der Waals surface area contributed by atoms with Crippen molar-refractivity contribution in [1.82, 2.24) is 24.8 Å². The molecule has 0 spiro atoms. The molecule has 1 aliphatic rings. The number of halogens is 3. The first-order chi connectivity index (χ1) is 13.9. The van der Waals surface area contributed by atoms with Gasteiger partial charge in [0.1, 0.15) is 12.0 Å². The Morgan fingerprint density at radius 2 is 2.00 bits per heavy atom. The molecule has 3 rings (SSSR count). The number of nitrogens with zero attached hydrogens (tertiary/aromatic N) is 4. The van der Waals surface area contributed by atoms with Gasteiger partial charge in [-0.15, -0.1) is 0 Å². The standard InChI is InChI=1S/C18H22F3N5O3/c1-28-8-9-29-13-4-2-12(3-5-13)23-16(27)14-10-15(18(19,20)21)25-17(24-14)26-7-6-22-11-26/h6-7,10-13H,2-5,8-9H2,1H3,(H,23,27)/t12-,13-. The Morgan fingerprint density at radius 3 is 2.62 bits per heavy atom. The fraction of sp³-hybridized carbons (Fsp3) is 0.556. The number of carbonyl (C=O) groups excluding carboxylic acids is 1. The number of imidazole rings is 1. The summed E-state index contributed by atoms with van der Waals surface area (Å²) >= 11 is 0. The molecule has 0 saturated heterocycles. The molecule has 2 aromatic heterocycles. The third-order valence-corrected chi connectivity index (χ3v) is 4.62. The Kier molecular flexibility index (Phi) is 6.80. The van der Waals surface area contributed by atoms with Crippen molar-refractivity contribution < 1.29 is 27.4 Å². The highest BCUT2D eigenvalue weighted by Gasteiger charge is 2.35. The zero-order valence-corrected chi connectivity index (χ0v) is 15.9. The number of rotatable bonds is 7. The highest BCUT2D eigenvalue weighted by molar-refractivity contribution is 5.92. The molecule has 1 fully saturated rings. The Hall–Kier alpha value is -2.53. The summed E-state index contributed by atoms with van der Waals surface area (Å²) in [6.07, 6.45) is 2.32. The van der Waals surface area contributed by atoms with Crippen LogP contribution in [-0.2, 0) is 15.7 Å². The van der Waals surface area contributed by atoms with Gasteiger partial charge in [0.2, 0.25) is 5.95 Å². The minimum Gasteiger partial charge on any atom is -0.382 e. The van der Waals surface area contributed by atoms with Crippen LogP contribution in [0.15, 0.2) is 24.8 Å². The molecule has 0 aliphatic heterocycles. The maximum absolute atomic E-state index is 13.2. The Balaban J connectivity index is 1.67. The van der Waals surface area contributed by atoms with Crippen molar-refractivity contribution in [1.29, 1.82) is 0 Å². The minimum atomic E-state index is -4.70. The third kappa shape index (κ3) is 5.73. The maximum Gasteiger partial charge on any atom is 0.433 e. The summed E-state index contributed by atoms with van der Waals surface area (Å²) in [5.41, 5.74) is -1.52. The first-order valence-corrected chi connectivity index (χ1v) is 9.23. The molecule has 1 aliphatic carbocycles. The van der Waals surface area contributed by atoms with Gasteiger partial charge in [-0.2, -0.15) is 13.2 Å². The highest BCUT2D eigenvalue weighted by Crippen LogP contribution is 2.28. The zero-order valence-electron chi connectivity index (χ0n) is 15.9. The molecule has 8 nitrogen and oxygen atoms in total. The van der Waals surface area contributed by atoms with Crippen molar-refractivity contribution >= 4 is 5.91 Å². The lowest BCUT2D eigenvalue weighted by Gasteiger charge is -2.29. The van der Waals surface area contributed by atoms with Gasteiger partial charge in [-0.05, 0) is 25.7 Å². The van der Waals surface area contributed by atoms with E-state index in [0.29, 0.717) is 32.1 Å². The Bertz CT molecular complexity index is 806. The molecule has 29 heavy (non-hydrogen) atoms. The van der Waals surface area contributed by atoms with Gasteiger partial charge in [0.05, 0.1) is 19.3 Å². The van der Waals surface area contributed by atoms with E-state index in [1.54, 1.807) is 7.11 Å². The number of carbonyl (C=O) groups is 1. The molecule has 0 radical (unpaired) electrons. The van der Waals surface area contributed by atoms with Gasteiger partial charge in [-0.3, -0.25) is 9.36 Å². The van der Waals surface area contributed by atoms with Gasteiger partial charge in [0, 0.05) is 31.6 Å². The van der Waals surface area contributed by atoms with E-state index in [9.17, 15) is 18.0 Å². The molecule has 0 atom stereocenters. The monoisotopic (exact) mass is 413 g/mol. The predicted molar refractivity (Wildman–Crippen MR) is 95.5 cm³/mol. The largest absolute Gasteiger partial charge is 0.433 e. The normalized spacial score (nSPS) is 19.9. The molecule has 0 unspecified atom stereocenters. The van der Waals surface area contributed by atoms with Crippen LogP contribution in [0.2, 0.25) is 0 Å². The van der Waals surface area contributed by atoms with Crippen LogP contribution in [-0.4, -0.2) is 57.9 Å². The number of methoxy groups -OCH3 is 1. The fourth-order valence-electron chi connectivity index (χ4n) is 3.12. The van der Waals surface area contributed by atoms with Crippen molar-refractivity contribution in [3.05, 3.63) is 36.2 Å². The number of ether oxygens (including phenoxy) is 2. The second-order valence-corrected chi connectivity index (χ2v) is 6.72. The summed E-state index contributed by atoms with van der Waals surface area (Å²) in [7, 11) is 1.60. The molecule has 0 bridgehead atoms. The minimum absolute atomic E-state index is 0.0991. The van der Waals surface area contributed by atoms with E-state index in [-0.39, 0.29) is 23.8 Å². The fourth-order valence-corrected chi connectivity index (χ4v) is 3.12. The molecule has 158 valence electrons. The smallest absolute Gasteiger partial charge is 0.382 e. The van der Waals surface area contributed by atoms with Crippen LogP contribution < -0.4 is 5.32 Å². The number of hydrogen-bond donors (Lipinski definition) is 1. The Labute approximate surface area is 165 Å². The second kappa shape index (κ2) is 9.31. The average Bonchev–Trinajstić information content (AvgIpc) is 3.23. The van der Waals surface area contributed by atoms with Gasteiger partial charge < -0.3 is 14.8 Å². The van der Waals surface area contributed by atoms with Crippen LogP contribution in [0.1, 0.15) is 41.9 Å². The highest BCUT2D eigenvalue weighted by atomic mass is 19.4. The van der Waals surface area contributed by atoms with E-state index >= 15 is 0 Å². The molecular weight excluding hydrogens is 391 g/mol. The lowest BCUT2D eigenvalue weighted by Crippen LogP contribution is -2.39. The van der Waals surface area contributed by atoms with E-state index in [0.717, 1.165) is 12.8 Å². The maximum atomic E-state index is 13.2. The van der Waals surface area contributed by atoms with E-state index in [4.69, 9.17) is 9.47 Å². The van der Waals surface area contributed by atoms with Gasteiger partial charge >= 0.3 is 6.18 Å². The summed E-state index contributed by atoms with van der Waals surface area (Å²) in [5.74, 6) is -0.930. The number of aromatic nitrogens is 4. The Morgan fingerprint density at radius 1 is 1.24 bits per heavy atom. The van der Waals surface area contributed by atoms with Gasteiger partial charge in [0.15, 0.2) is 5.69 Å². The van der Waals surface area contributed by atoms with Crippen LogP contribution in [0.25, 0.3) is 5.95 Å². The summed E-state index contributed by atoms with van der Waals surface area (Å²) < 4.78 is 51.5. The molecule has 1 N–H and O–H groups in total. The quantitative estimate of drug-likeness (QED) is 0.701. The third-order valence-electron chi connectivity index (χ3n) is 4.62. The van der Waals surface area contributed by atoms with E-state index < -0.39 is 17.8 Å². The van der Waals surface area contributed by atoms with Crippen LogP contribution in [0, 0.1) is 0 Å². The first-order valence-electron chi connectivity index (χ1n) is 9.23. The van der Waals surface area contributed by atoms with Crippen LogP contribution in [0.3, 0.4) is 0 Å². The molecular formula is C18H22F3N5O3. The summed E-state index contributed by atoms with van der Waals surface area (Å²) in [6, 6.07) is 0.515. The van der Waals surface area contributed by atoms with Crippen LogP contribution >= 0.6 is 0 Å². The number of amides is 1. The van der Waals surface area contributed by atoms with Gasteiger partial charge in [0.25, 0.3) is 5.91 Å². The first kappa shape index (κ1) is 21.2. The molecule has 2 aromatic rings. The van der Waals surface area contributed by atoms with Crippen LogP contribution in [0.4, 0.5) is 13.2 Å². The number of hydrogen-bond acceptors (Lipinski definition) is 6. The van der Waals surface area contributed by atoms with E-state index in [2.05, 4.69) is 20.3 Å². The van der Waals surface area contributed by atoms with Crippen LogP contribution in [0.5, 0.6) is 0 Å². The predicted octanol–water partition coefficient (Wildman–Crippen LogP) is 2.39. The second-order valence-electron chi connectivity index (χ2n) is 6.72. The van der Waals surface area contributed by atoms with E-state index in [1.165, 1.54) is 23.3 Å². The molecule has 2 heterocycles. The number of nitrogens with one attached hydrogen (secondary N) is 1. The summed E-state index contributed by atoms with van der Waals surface area (Å²) in [6.45, 7) is 1.03. The van der Waals surface area contributed by atoms with Crippen molar-refractivity contribution in [2.75, 3.05) is 20.3 Å². The lowest BCUT2D eigenvalue weighted by molar-refractivity contribution is -0.141. The summed E-state index contributed by atoms with van der Waals surface area (Å²) in [4.78, 5) is 23.8. The molecule has 0 aromatic carbocycles. The zero-order chi connectivity index (χ0) is 20.9. The average molecular weight is 413 g/mol. The molecule has 11 heteroatoms. The lowest BCUT2D eigenvalue weighted by atomic mass is 9.93. The SMILES string of the molecule is COCCO[C@H]1CC[C@H](NC(=O)c2cc(C(F)(F)F)nc(-n3ccnc3)n2)CC1.